The standard InChI is InChI=1S/C9H12FNO3S/c10-9(4-5-11)15(13,14)8-3-1-2-7(12)6-8/h1-3,6,9,12H,4-5,11H2. The highest BCUT2D eigenvalue weighted by molar-refractivity contribution is 7.91. The van der Waals surface area contributed by atoms with Crippen LogP contribution in [0.5, 0.6) is 5.75 Å². The van der Waals surface area contributed by atoms with Gasteiger partial charge in [-0.3, -0.25) is 0 Å². The molecule has 0 spiro atoms. The van der Waals surface area contributed by atoms with E-state index >= 15 is 0 Å². The molecule has 84 valence electrons. The first-order chi connectivity index (χ1) is 6.98. The number of sulfone groups is 1. The highest BCUT2D eigenvalue weighted by atomic mass is 32.2. The van der Waals surface area contributed by atoms with Crippen molar-refractivity contribution in [2.45, 2.75) is 16.8 Å². The van der Waals surface area contributed by atoms with Crippen LogP contribution in [0.4, 0.5) is 4.39 Å². The van der Waals surface area contributed by atoms with Gasteiger partial charge in [0.15, 0.2) is 0 Å². The van der Waals surface area contributed by atoms with E-state index in [2.05, 4.69) is 0 Å². The van der Waals surface area contributed by atoms with Crippen LogP contribution >= 0.6 is 0 Å². The summed E-state index contributed by atoms with van der Waals surface area (Å²) in [6.07, 6.45) is -0.252. The number of phenols is 1. The number of hydrogen-bond acceptors (Lipinski definition) is 4. The minimum Gasteiger partial charge on any atom is -0.508 e. The van der Waals surface area contributed by atoms with Gasteiger partial charge in [-0.2, -0.15) is 0 Å². The van der Waals surface area contributed by atoms with Gasteiger partial charge in [-0.25, -0.2) is 12.8 Å². The smallest absolute Gasteiger partial charge is 0.210 e. The molecular formula is C9H12FNO3S. The van der Waals surface area contributed by atoms with Crippen LogP contribution in [0.3, 0.4) is 0 Å². The third-order valence-electron chi connectivity index (χ3n) is 1.88. The lowest BCUT2D eigenvalue weighted by molar-refractivity contribution is 0.402. The molecule has 3 N–H and O–H groups in total. The molecule has 0 aliphatic rings. The molecule has 6 heteroatoms. The van der Waals surface area contributed by atoms with Gasteiger partial charge in [-0.1, -0.05) is 6.07 Å². The number of rotatable bonds is 4. The number of benzene rings is 1. The summed E-state index contributed by atoms with van der Waals surface area (Å²) >= 11 is 0. The Balaban J connectivity index is 3.06. The van der Waals surface area contributed by atoms with Gasteiger partial charge in [-0.15, -0.1) is 0 Å². The van der Waals surface area contributed by atoms with Crippen LogP contribution in [-0.2, 0) is 9.84 Å². The van der Waals surface area contributed by atoms with E-state index in [1.807, 2.05) is 0 Å². The monoisotopic (exact) mass is 233 g/mol. The molecule has 0 bridgehead atoms. The van der Waals surface area contributed by atoms with Crippen molar-refractivity contribution in [2.24, 2.45) is 5.73 Å². The molecule has 0 heterocycles. The maximum atomic E-state index is 13.2. The molecule has 0 radical (unpaired) electrons. The van der Waals surface area contributed by atoms with Gasteiger partial charge < -0.3 is 10.8 Å². The highest BCUT2D eigenvalue weighted by Gasteiger charge is 2.26. The van der Waals surface area contributed by atoms with Crippen LogP contribution in [0.25, 0.3) is 0 Å². The first kappa shape index (κ1) is 11.9. The van der Waals surface area contributed by atoms with E-state index in [0.29, 0.717) is 0 Å². The Morgan fingerprint density at radius 1 is 1.47 bits per heavy atom. The fourth-order valence-corrected chi connectivity index (χ4v) is 2.39. The summed E-state index contributed by atoms with van der Waals surface area (Å²) in [6, 6.07) is 4.91. The zero-order valence-electron chi connectivity index (χ0n) is 7.93. The Hall–Kier alpha value is -1.14. The van der Waals surface area contributed by atoms with Gasteiger partial charge in [-0.05, 0) is 24.7 Å². The van der Waals surface area contributed by atoms with Gasteiger partial charge >= 0.3 is 0 Å². The summed E-state index contributed by atoms with van der Waals surface area (Å²) in [6.45, 7) is -0.0424. The van der Waals surface area contributed by atoms with Crippen molar-refractivity contribution in [1.82, 2.24) is 0 Å². The number of hydrogen-bond donors (Lipinski definition) is 2. The van der Waals surface area contributed by atoms with Crippen LogP contribution in [0.15, 0.2) is 29.2 Å². The molecule has 1 aromatic carbocycles. The summed E-state index contributed by atoms with van der Waals surface area (Å²) < 4.78 is 36.3. The Labute approximate surface area is 87.5 Å². The molecule has 0 amide bonds. The molecule has 1 atom stereocenters. The lowest BCUT2D eigenvalue weighted by atomic mass is 10.3. The van der Waals surface area contributed by atoms with Crippen molar-refractivity contribution < 1.29 is 17.9 Å². The number of alkyl halides is 1. The largest absolute Gasteiger partial charge is 0.508 e. The van der Waals surface area contributed by atoms with E-state index in [9.17, 15) is 12.8 Å². The number of nitrogens with two attached hydrogens (primary N) is 1. The first-order valence-electron chi connectivity index (χ1n) is 4.35. The van der Waals surface area contributed by atoms with E-state index in [1.54, 1.807) is 0 Å². The average Bonchev–Trinajstić information content (AvgIpc) is 2.18. The SMILES string of the molecule is NCCC(F)S(=O)(=O)c1cccc(O)c1. The van der Waals surface area contributed by atoms with Gasteiger partial charge in [0.1, 0.15) is 5.75 Å². The summed E-state index contributed by atoms with van der Waals surface area (Å²) in [5.41, 5.74) is 3.06. The number of phenolic OH excluding ortho intramolecular Hbond substituents is 1. The van der Waals surface area contributed by atoms with Crippen molar-refractivity contribution in [3.05, 3.63) is 24.3 Å². The van der Waals surface area contributed by atoms with E-state index < -0.39 is 15.3 Å². The lowest BCUT2D eigenvalue weighted by Crippen LogP contribution is -2.20. The van der Waals surface area contributed by atoms with Gasteiger partial charge in [0.25, 0.3) is 0 Å². The maximum absolute atomic E-state index is 13.2. The van der Waals surface area contributed by atoms with Gasteiger partial charge in [0.05, 0.1) is 4.90 Å². The van der Waals surface area contributed by atoms with Crippen molar-refractivity contribution in [3.8, 4) is 5.75 Å². The van der Waals surface area contributed by atoms with Crippen LogP contribution in [0.2, 0.25) is 0 Å². The van der Waals surface area contributed by atoms with Gasteiger partial charge in [0.2, 0.25) is 15.3 Å². The topological polar surface area (TPSA) is 80.4 Å². The molecular weight excluding hydrogens is 221 g/mol. The Bertz CT molecular complexity index is 433. The van der Waals surface area contributed by atoms with Crippen molar-refractivity contribution in [3.63, 3.8) is 0 Å². The molecule has 1 rings (SSSR count). The van der Waals surface area contributed by atoms with Crippen LogP contribution < -0.4 is 5.73 Å². The minimum atomic E-state index is -4.03. The molecule has 0 aliphatic carbocycles. The summed E-state index contributed by atoms with van der Waals surface area (Å²) in [5.74, 6) is -0.212. The average molecular weight is 233 g/mol. The second kappa shape index (κ2) is 4.59. The lowest BCUT2D eigenvalue weighted by Gasteiger charge is -2.08. The third-order valence-corrected chi connectivity index (χ3v) is 3.70. The normalized spacial score (nSPS) is 13.7. The molecule has 15 heavy (non-hydrogen) atoms. The minimum absolute atomic E-state index is 0.0424. The van der Waals surface area contributed by atoms with E-state index in [4.69, 9.17) is 10.8 Å². The second-order valence-electron chi connectivity index (χ2n) is 3.03. The molecule has 0 aliphatic heterocycles. The number of halogens is 1. The summed E-state index contributed by atoms with van der Waals surface area (Å²) in [7, 11) is -4.03. The zero-order valence-corrected chi connectivity index (χ0v) is 8.74. The second-order valence-corrected chi connectivity index (χ2v) is 5.10. The van der Waals surface area contributed by atoms with Crippen LogP contribution in [0.1, 0.15) is 6.42 Å². The molecule has 1 aromatic rings. The predicted octanol–water partition coefficient (Wildman–Crippen LogP) is 0.810. The molecule has 1 unspecified atom stereocenters. The summed E-state index contributed by atoms with van der Waals surface area (Å²) in [4.78, 5) is -0.233. The first-order valence-corrected chi connectivity index (χ1v) is 5.90. The third kappa shape index (κ3) is 2.66. The fourth-order valence-electron chi connectivity index (χ4n) is 1.09. The molecule has 4 nitrogen and oxygen atoms in total. The van der Waals surface area contributed by atoms with E-state index in [1.165, 1.54) is 18.2 Å². The quantitative estimate of drug-likeness (QED) is 0.806. The van der Waals surface area contributed by atoms with E-state index in [0.717, 1.165) is 6.07 Å². The Kier molecular flexibility index (Phi) is 3.65. The molecule has 0 fully saturated rings. The molecule has 0 aromatic heterocycles. The predicted molar refractivity (Wildman–Crippen MR) is 53.9 cm³/mol. The van der Waals surface area contributed by atoms with E-state index in [-0.39, 0.29) is 23.6 Å². The van der Waals surface area contributed by atoms with Crippen LogP contribution in [-0.4, -0.2) is 25.6 Å². The van der Waals surface area contributed by atoms with Crippen molar-refractivity contribution >= 4 is 9.84 Å². The summed E-state index contributed by atoms with van der Waals surface area (Å²) in [5, 5.41) is 9.08. The van der Waals surface area contributed by atoms with Crippen molar-refractivity contribution in [1.29, 1.82) is 0 Å². The fraction of sp³-hybridized carbons (Fsp3) is 0.333. The highest BCUT2D eigenvalue weighted by Crippen LogP contribution is 2.22. The van der Waals surface area contributed by atoms with Crippen LogP contribution in [0, 0.1) is 0 Å². The maximum Gasteiger partial charge on any atom is 0.210 e. The molecule has 0 saturated carbocycles. The number of aromatic hydroxyl groups is 1. The molecule has 0 saturated heterocycles. The van der Waals surface area contributed by atoms with Crippen molar-refractivity contribution in [2.75, 3.05) is 6.54 Å². The zero-order chi connectivity index (χ0) is 11.5. The van der Waals surface area contributed by atoms with Gasteiger partial charge in [0, 0.05) is 6.42 Å². The Morgan fingerprint density at radius 2 is 2.13 bits per heavy atom. The Morgan fingerprint density at radius 3 is 2.67 bits per heavy atom.